The van der Waals surface area contributed by atoms with Crippen molar-refractivity contribution in [2.24, 2.45) is 0 Å². The first-order valence-corrected chi connectivity index (χ1v) is 5.50. The van der Waals surface area contributed by atoms with Gasteiger partial charge in [-0.25, -0.2) is 13.8 Å². The van der Waals surface area contributed by atoms with Crippen LogP contribution >= 0.6 is 0 Å². The smallest absolute Gasteiger partial charge is 0.253 e. The Balaban J connectivity index is 2.02. The van der Waals surface area contributed by atoms with Crippen molar-refractivity contribution in [1.82, 2.24) is 10.3 Å². The molecule has 19 heavy (non-hydrogen) atoms. The molecule has 0 radical (unpaired) electrons. The largest absolute Gasteiger partial charge is 0.384 e. The quantitative estimate of drug-likeness (QED) is 0.888. The van der Waals surface area contributed by atoms with Crippen LogP contribution in [0.4, 0.5) is 14.6 Å². The lowest BCUT2D eigenvalue weighted by Crippen LogP contribution is -2.23. The van der Waals surface area contributed by atoms with Crippen molar-refractivity contribution in [2.45, 2.75) is 6.54 Å². The number of benzene rings is 1. The SMILES string of the molecule is Nc1ccc(C(=O)NCc2ccc(F)cc2F)cn1. The predicted molar refractivity (Wildman–Crippen MR) is 66.2 cm³/mol. The highest BCUT2D eigenvalue weighted by Crippen LogP contribution is 2.09. The molecule has 0 aliphatic carbocycles. The standard InChI is InChI=1S/C13H11F2N3O/c14-10-3-1-8(11(15)5-10)6-18-13(19)9-2-4-12(16)17-7-9/h1-5,7H,6H2,(H2,16,17)(H,18,19). The molecule has 1 amide bonds. The minimum Gasteiger partial charge on any atom is -0.384 e. The number of nitrogen functional groups attached to an aromatic ring is 1. The number of hydrogen-bond acceptors (Lipinski definition) is 3. The summed E-state index contributed by atoms with van der Waals surface area (Å²) in [4.78, 5) is 15.5. The first kappa shape index (κ1) is 12.9. The van der Waals surface area contributed by atoms with Gasteiger partial charge >= 0.3 is 0 Å². The molecule has 0 atom stereocenters. The molecule has 0 spiro atoms. The number of halogens is 2. The highest BCUT2D eigenvalue weighted by atomic mass is 19.1. The van der Waals surface area contributed by atoms with E-state index in [0.29, 0.717) is 11.4 Å². The summed E-state index contributed by atoms with van der Waals surface area (Å²) >= 11 is 0. The predicted octanol–water partition coefficient (Wildman–Crippen LogP) is 1.87. The summed E-state index contributed by atoms with van der Waals surface area (Å²) in [6, 6.07) is 6.19. The molecule has 4 nitrogen and oxygen atoms in total. The summed E-state index contributed by atoms with van der Waals surface area (Å²) < 4.78 is 26.0. The molecule has 0 fully saturated rings. The van der Waals surface area contributed by atoms with Crippen molar-refractivity contribution in [2.75, 3.05) is 5.73 Å². The fraction of sp³-hybridized carbons (Fsp3) is 0.0769. The summed E-state index contributed by atoms with van der Waals surface area (Å²) in [7, 11) is 0. The van der Waals surface area contributed by atoms with E-state index in [4.69, 9.17) is 5.73 Å². The maximum atomic E-state index is 13.3. The topological polar surface area (TPSA) is 68.0 Å². The van der Waals surface area contributed by atoms with Crippen molar-refractivity contribution in [3.05, 3.63) is 59.3 Å². The van der Waals surface area contributed by atoms with Gasteiger partial charge < -0.3 is 11.1 Å². The number of carbonyl (C=O) groups excluding carboxylic acids is 1. The minimum absolute atomic E-state index is 0.0324. The highest BCUT2D eigenvalue weighted by Gasteiger charge is 2.08. The zero-order valence-electron chi connectivity index (χ0n) is 9.86. The van der Waals surface area contributed by atoms with Crippen LogP contribution in [0.15, 0.2) is 36.5 Å². The first-order valence-electron chi connectivity index (χ1n) is 5.50. The third kappa shape index (κ3) is 3.25. The Morgan fingerprint density at radius 3 is 2.68 bits per heavy atom. The number of pyridine rings is 1. The van der Waals surface area contributed by atoms with Crippen LogP contribution in [0.3, 0.4) is 0 Å². The zero-order chi connectivity index (χ0) is 13.8. The molecule has 2 aromatic rings. The Hall–Kier alpha value is -2.50. The molecule has 1 aromatic carbocycles. The average Bonchev–Trinajstić information content (AvgIpc) is 2.38. The molecule has 1 heterocycles. The second-order valence-electron chi connectivity index (χ2n) is 3.89. The molecule has 0 aliphatic heterocycles. The van der Waals surface area contributed by atoms with E-state index in [1.54, 1.807) is 0 Å². The molecule has 98 valence electrons. The number of anilines is 1. The normalized spacial score (nSPS) is 10.2. The van der Waals surface area contributed by atoms with E-state index in [2.05, 4.69) is 10.3 Å². The number of hydrogen-bond donors (Lipinski definition) is 2. The molecule has 2 rings (SSSR count). The van der Waals surface area contributed by atoms with Crippen LogP contribution in [0, 0.1) is 11.6 Å². The maximum absolute atomic E-state index is 13.3. The van der Waals surface area contributed by atoms with Gasteiger partial charge in [0.2, 0.25) is 0 Å². The molecule has 0 bridgehead atoms. The maximum Gasteiger partial charge on any atom is 0.253 e. The molecular weight excluding hydrogens is 252 g/mol. The lowest BCUT2D eigenvalue weighted by molar-refractivity contribution is 0.0950. The summed E-state index contributed by atoms with van der Waals surface area (Å²) in [6.45, 7) is -0.0324. The van der Waals surface area contributed by atoms with Crippen LogP contribution in [0.1, 0.15) is 15.9 Å². The van der Waals surface area contributed by atoms with Gasteiger partial charge in [0, 0.05) is 24.4 Å². The number of nitrogens with zero attached hydrogens (tertiary/aromatic N) is 1. The van der Waals surface area contributed by atoms with Gasteiger partial charge in [-0.2, -0.15) is 0 Å². The highest BCUT2D eigenvalue weighted by molar-refractivity contribution is 5.93. The van der Waals surface area contributed by atoms with Gasteiger partial charge in [-0.15, -0.1) is 0 Å². The van der Waals surface area contributed by atoms with Crippen LogP contribution in [-0.4, -0.2) is 10.9 Å². The van der Waals surface area contributed by atoms with Crippen molar-refractivity contribution in [3.8, 4) is 0 Å². The zero-order valence-corrected chi connectivity index (χ0v) is 9.86. The number of nitrogens with two attached hydrogens (primary N) is 1. The number of nitrogens with one attached hydrogen (secondary N) is 1. The molecule has 6 heteroatoms. The van der Waals surface area contributed by atoms with Gasteiger partial charge in [0.05, 0.1) is 5.56 Å². The number of amides is 1. The Morgan fingerprint density at radius 2 is 2.05 bits per heavy atom. The monoisotopic (exact) mass is 263 g/mol. The van der Waals surface area contributed by atoms with E-state index in [9.17, 15) is 13.6 Å². The Morgan fingerprint density at radius 1 is 1.26 bits per heavy atom. The van der Waals surface area contributed by atoms with Crippen LogP contribution in [0.25, 0.3) is 0 Å². The molecular formula is C13H11F2N3O. The molecule has 3 N–H and O–H groups in total. The molecule has 0 unspecified atom stereocenters. The van der Waals surface area contributed by atoms with E-state index < -0.39 is 17.5 Å². The van der Waals surface area contributed by atoms with Gasteiger partial charge in [0.25, 0.3) is 5.91 Å². The van der Waals surface area contributed by atoms with Gasteiger partial charge in [0.1, 0.15) is 17.5 Å². The third-order valence-corrected chi connectivity index (χ3v) is 2.50. The van der Waals surface area contributed by atoms with Crippen LogP contribution < -0.4 is 11.1 Å². The minimum atomic E-state index is -0.698. The van der Waals surface area contributed by atoms with E-state index >= 15 is 0 Å². The lowest BCUT2D eigenvalue weighted by atomic mass is 10.2. The average molecular weight is 263 g/mol. The fourth-order valence-corrected chi connectivity index (χ4v) is 1.48. The van der Waals surface area contributed by atoms with Crippen LogP contribution in [0.2, 0.25) is 0 Å². The van der Waals surface area contributed by atoms with Crippen molar-refractivity contribution < 1.29 is 13.6 Å². The summed E-state index contributed by atoms with van der Waals surface area (Å²) in [6.07, 6.45) is 1.33. The number of aromatic nitrogens is 1. The van der Waals surface area contributed by atoms with Gasteiger partial charge in [-0.05, 0) is 18.2 Å². The lowest BCUT2D eigenvalue weighted by Gasteiger charge is -2.06. The summed E-state index contributed by atoms with van der Waals surface area (Å²) in [5, 5.41) is 2.51. The Bertz CT molecular complexity index is 599. The molecule has 1 aromatic heterocycles. The van der Waals surface area contributed by atoms with Gasteiger partial charge in [0.15, 0.2) is 0 Å². The second kappa shape index (κ2) is 5.43. The van der Waals surface area contributed by atoms with E-state index in [1.807, 2.05) is 0 Å². The van der Waals surface area contributed by atoms with Crippen LogP contribution in [-0.2, 0) is 6.54 Å². The van der Waals surface area contributed by atoms with Crippen molar-refractivity contribution >= 4 is 11.7 Å². The molecule has 0 saturated heterocycles. The molecule has 0 aliphatic rings. The van der Waals surface area contributed by atoms with E-state index in [1.165, 1.54) is 24.4 Å². The second-order valence-corrected chi connectivity index (χ2v) is 3.89. The van der Waals surface area contributed by atoms with Gasteiger partial charge in [-0.3, -0.25) is 4.79 Å². The van der Waals surface area contributed by atoms with Crippen molar-refractivity contribution in [3.63, 3.8) is 0 Å². The van der Waals surface area contributed by atoms with E-state index in [0.717, 1.165) is 12.1 Å². The molecule has 0 saturated carbocycles. The first-order chi connectivity index (χ1) is 9.06. The number of carbonyl (C=O) groups is 1. The third-order valence-electron chi connectivity index (χ3n) is 2.50. The fourth-order valence-electron chi connectivity index (χ4n) is 1.48. The summed E-state index contributed by atoms with van der Waals surface area (Å²) in [5.41, 5.74) is 5.92. The Kier molecular flexibility index (Phi) is 3.70. The van der Waals surface area contributed by atoms with Crippen LogP contribution in [0.5, 0.6) is 0 Å². The van der Waals surface area contributed by atoms with Crippen molar-refractivity contribution in [1.29, 1.82) is 0 Å². The van der Waals surface area contributed by atoms with E-state index in [-0.39, 0.29) is 12.1 Å². The summed E-state index contributed by atoms with van der Waals surface area (Å²) in [5.74, 6) is -1.46. The van der Waals surface area contributed by atoms with Gasteiger partial charge in [-0.1, -0.05) is 6.07 Å². The Labute approximate surface area is 108 Å². The number of rotatable bonds is 3.